The van der Waals surface area contributed by atoms with Crippen molar-refractivity contribution >= 4 is 19.8 Å². The predicted molar refractivity (Wildman–Crippen MR) is 234 cm³/mol. The van der Waals surface area contributed by atoms with Gasteiger partial charge in [0.05, 0.1) is 25.9 Å². The lowest BCUT2D eigenvalue weighted by Gasteiger charge is -2.20. The molecule has 0 rings (SSSR count). The van der Waals surface area contributed by atoms with Crippen molar-refractivity contribution in [1.29, 1.82) is 0 Å². The highest BCUT2D eigenvalue weighted by Gasteiger charge is 2.27. The molecule has 0 amide bonds. The summed E-state index contributed by atoms with van der Waals surface area (Å²) in [5, 5.41) is 28.0. The lowest BCUT2D eigenvalue weighted by Crippen LogP contribution is -2.29. The minimum atomic E-state index is -4.66. The number of ether oxygens (including phenoxy) is 2. The second kappa shape index (κ2) is 40.9. The van der Waals surface area contributed by atoms with E-state index in [0.717, 1.165) is 51.4 Å². The first-order valence-electron chi connectivity index (χ1n) is 21.6. The van der Waals surface area contributed by atoms with Crippen LogP contribution >= 0.6 is 7.82 Å². The van der Waals surface area contributed by atoms with E-state index in [2.05, 4.69) is 73.1 Å². The van der Waals surface area contributed by atoms with Crippen LogP contribution in [0.25, 0.3) is 0 Å². The monoisotopic (exact) mass is 837 g/mol. The number of aliphatic hydroxyl groups is 3. The maximum atomic E-state index is 12.6. The lowest BCUT2D eigenvalue weighted by atomic mass is 10.1. The number of carbonyl (C=O) groups excluding carboxylic acids is 2. The molecular formula is C46H77O11P. The van der Waals surface area contributed by atoms with Crippen molar-refractivity contribution in [2.24, 2.45) is 0 Å². The van der Waals surface area contributed by atoms with E-state index in [0.29, 0.717) is 32.1 Å². The third kappa shape index (κ3) is 39.9. The number of hydrogen-bond acceptors (Lipinski definition) is 10. The minimum Gasteiger partial charge on any atom is -0.462 e. The van der Waals surface area contributed by atoms with Crippen LogP contribution in [0.1, 0.15) is 149 Å². The van der Waals surface area contributed by atoms with Crippen LogP contribution in [0.5, 0.6) is 0 Å². The van der Waals surface area contributed by atoms with Crippen LogP contribution in [0.4, 0.5) is 0 Å². The quantitative estimate of drug-likeness (QED) is 0.0201. The van der Waals surface area contributed by atoms with Gasteiger partial charge in [-0.15, -0.1) is 0 Å². The number of unbranched alkanes of at least 4 members (excludes halogenated alkanes) is 8. The maximum absolute atomic E-state index is 12.6. The number of carbonyl (C=O) groups is 2. The van der Waals surface area contributed by atoms with E-state index < -0.39 is 51.8 Å². The van der Waals surface area contributed by atoms with Gasteiger partial charge in [-0.05, 0) is 83.5 Å². The largest absolute Gasteiger partial charge is 0.472 e. The van der Waals surface area contributed by atoms with Crippen LogP contribution in [-0.2, 0) is 32.7 Å². The number of allylic oxidation sites excluding steroid dienone is 13. The van der Waals surface area contributed by atoms with Gasteiger partial charge in [0, 0.05) is 12.8 Å². The molecule has 4 atom stereocenters. The molecule has 0 radical (unpaired) electrons. The molecular weight excluding hydrogens is 759 g/mol. The number of rotatable bonds is 39. The molecule has 0 bridgehead atoms. The number of phosphoric acid groups is 1. The fourth-order valence-electron chi connectivity index (χ4n) is 5.25. The average Bonchev–Trinajstić information content (AvgIpc) is 3.20. The van der Waals surface area contributed by atoms with Crippen LogP contribution in [0.15, 0.2) is 85.1 Å². The Hall–Kier alpha value is -2.89. The number of aliphatic hydroxyl groups excluding tert-OH is 3. The van der Waals surface area contributed by atoms with E-state index in [9.17, 15) is 29.3 Å². The molecule has 2 unspecified atom stereocenters. The van der Waals surface area contributed by atoms with Crippen LogP contribution in [-0.4, -0.2) is 76.9 Å². The van der Waals surface area contributed by atoms with E-state index in [1.807, 2.05) is 30.4 Å². The van der Waals surface area contributed by atoms with Gasteiger partial charge in [0.2, 0.25) is 0 Å². The Bertz CT molecular complexity index is 1250. The van der Waals surface area contributed by atoms with E-state index in [1.54, 1.807) is 0 Å². The minimum absolute atomic E-state index is 0.0888. The Balaban J connectivity index is 4.51. The summed E-state index contributed by atoms with van der Waals surface area (Å²) < 4.78 is 32.6. The Morgan fingerprint density at radius 3 is 1.55 bits per heavy atom. The fourth-order valence-corrected chi connectivity index (χ4v) is 6.04. The summed E-state index contributed by atoms with van der Waals surface area (Å²) in [5.74, 6) is -1.08. The predicted octanol–water partition coefficient (Wildman–Crippen LogP) is 10.4. The summed E-state index contributed by atoms with van der Waals surface area (Å²) in [5.41, 5.74) is 0. The second-order valence-electron chi connectivity index (χ2n) is 14.2. The van der Waals surface area contributed by atoms with Gasteiger partial charge in [-0.3, -0.25) is 18.6 Å². The molecule has 0 aromatic rings. The number of esters is 2. The molecule has 0 spiro atoms. The first-order valence-corrected chi connectivity index (χ1v) is 23.1. The van der Waals surface area contributed by atoms with E-state index in [-0.39, 0.29) is 25.6 Å². The zero-order chi connectivity index (χ0) is 42.8. The topological polar surface area (TPSA) is 169 Å². The molecule has 0 aliphatic rings. The Morgan fingerprint density at radius 1 is 0.552 bits per heavy atom. The molecule has 12 heteroatoms. The van der Waals surface area contributed by atoms with Gasteiger partial charge in [0.25, 0.3) is 0 Å². The molecule has 11 nitrogen and oxygen atoms in total. The van der Waals surface area contributed by atoms with Crippen molar-refractivity contribution in [1.82, 2.24) is 0 Å². The second-order valence-corrected chi connectivity index (χ2v) is 15.6. The number of phosphoric ester groups is 1. The number of hydrogen-bond donors (Lipinski definition) is 4. The molecule has 0 aliphatic heterocycles. The van der Waals surface area contributed by atoms with Crippen LogP contribution in [0.3, 0.4) is 0 Å². The molecule has 0 aliphatic carbocycles. The highest BCUT2D eigenvalue weighted by molar-refractivity contribution is 7.47. The lowest BCUT2D eigenvalue weighted by molar-refractivity contribution is -0.161. The van der Waals surface area contributed by atoms with Gasteiger partial charge in [-0.2, -0.15) is 0 Å². The molecule has 0 saturated carbocycles. The summed E-state index contributed by atoms with van der Waals surface area (Å²) in [6, 6.07) is 0. The standard InChI is InChI=1S/C46H77O11P/c1-3-5-6-7-8-9-10-11-12-13-14-17-21-24-27-30-33-37-46(51)57-44(41-56-58(52,53)55-39-43(49)38-47)40-54-45(50)36-32-29-26-23-20-18-15-16-19-22-25-28-31-35-42(48)34-4-2/h11-12,14-15,17-19,22-24,26-28,31,42-44,47-49H,3-10,13,16,20-21,25,29-30,32-41H2,1-2H3,(H,52,53)/b12-11-,17-14-,18-15-,22-19-,26-23-,27-24-,31-28-/t42?,43-,44+/m0/s1. The van der Waals surface area contributed by atoms with Crippen molar-refractivity contribution in [3.05, 3.63) is 85.1 Å². The smallest absolute Gasteiger partial charge is 0.462 e. The molecule has 0 heterocycles. The zero-order valence-corrected chi connectivity index (χ0v) is 36.5. The third-order valence-corrected chi connectivity index (χ3v) is 9.53. The van der Waals surface area contributed by atoms with Gasteiger partial charge in [0.15, 0.2) is 6.10 Å². The first kappa shape index (κ1) is 55.1. The van der Waals surface area contributed by atoms with E-state index >= 15 is 0 Å². The molecule has 4 N–H and O–H groups in total. The van der Waals surface area contributed by atoms with Gasteiger partial charge in [0.1, 0.15) is 12.7 Å². The van der Waals surface area contributed by atoms with Crippen molar-refractivity contribution in [2.75, 3.05) is 26.4 Å². The normalized spacial score (nSPS) is 15.2. The van der Waals surface area contributed by atoms with Gasteiger partial charge < -0.3 is 29.7 Å². The first-order chi connectivity index (χ1) is 28.1. The SMILES string of the molecule is CCCCCCCC/C=C\C/C=C\C/C=C\CCCC(=O)O[C@H](COC(=O)CCC/C=C\C/C=C\C/C=C\C/C=C\CC(O)CCC)COP(=O)(O)OC[C@@H](O)CO. The molecule has 0 saturated heterocycles. The van der Waals surface area contributed by atoms with Gasteiger partial charge in [-0.1, -0.05) is 137 Å². The maximum Gasteiger partial charge on any atom is 0.472 e. The van der Waals surface area contributed by atoms with E-state index in [1.165, 1.54) is 38.5 Å². The molecule has 0 aromatic carbocycles. The van der Waals surface area contributed by atoms with Crippen molar-refractivity contribution in [3.63, 3.8) is 0 Å². The fraction of sp³-hybridized carbons (Fsp3) is 0.652. The molecule has 58 heavy (non-hydrogen) atoms. The van der Waals surface area contributed by atoms with Crippen LogP contribution < -0.4 is 0 Å². The highest BCUT2D eigenvalue weighted by atomic mass is 31.2. The van der Waals surface area contributed by atoms with Crippen LogP contribution in [0.2, 0.25) is 0 Å². The molecule has 0 aromatic heterocycles. The van der Waals surface area contributed by atoms with Gasteiger partial charge in [-0.25, -0.2) is 4.57 Å². The van der Waals surface area contributed by atoms with Crippen molar-refractivity contribution in [3.8, 4) is 0 Å². The summed E-state index contributed by atoms with van der Waals surface area (Å²) in [7, 11) is -4.66. The average molecular weight is 837 g/mol. The Labute approximate surface area is 350 Å². The third-order valence-electron chi connectivity index (χ3n) is 8.58. The molecule has 0 fully saturated rings. The van der Waals surface area contributed by atoms with Crippen molar-refractivity contribution in [2.45, 2.75) is 167 Å². The van der Waals surface area contributed by atoms with E-state index in [4.69, 9.17) is 19.1 Å². The summed E-state index contributed by atoms with van der Waals surface area (Å²) >= 11 is 0. The molecule has 332 valence electrons. The zero-order valence-electron chi connectivity index (χ0n) is 35.6. The summed E-state index contributed by atoms with van der Waals surface area (Å²) in [6.07, 6.45) is 44.8. The van der Waals surface area contributed by atoms with Crippen molar-refractivity contribution < 1.29 is 52.9 Å². The Morgan fingerprint density at radius 2 is 1.02 bits per heavy atom. The van der Waals surface area contributed by atoms with Gasteiger partial charge >= 0.3 is 19.8 Å². The highest BCUT2D eigenvalue weighted by Crippen LogP contribution is 2.43. The summed E-state index contributed by atoms with van der Waals surface area (Å²) in [4.78, 5) is 34.9. The van der Waals surface area contributed by atoms with Crippen LogP contribution in [0, 0.1) is 0 Å². The Kier molecular flexibility index (Phi) is 38.8. The summed E-state index contributed by atoms with van der Waals surface area (Å²) in [6.45, 7) is 2.02.